The molecule has 1 aromatic rings. The average Bonchev–Trinajstić information content (AvgIpc) is 2.47. The Morgan fingerprint density at radius 3 is 2.54 bits per heavy atom. The molecule has 0 spiro atoms. The zero-order chi connectivity index (χ0) is 19.5. The number of carboxylic acid groups (broad SMARTS) is 1. The maximum Gasteiger partial charge on any atom is 0.418 e. The fraction of sp³-hybridized carbons (Fsp3) is 0.500. The van der Waals surface area contributed by atoms with Crippen LogP contribution in [-0.2, 0) is 11.0 Å². The zero-order valence-corrected chi connectivity index (χ0v) is 14.7. The van der Waals surface area contributed by atoms with Gasteiger partial charge in [0.1, 0.15) is 0 Å². The number of urea groups is 1. The lowest BCUT2D eigenvalue weighted by Gasteiger charge is -2.42. The van der Waals surface area contributed by atoms with E-state index < -0.39 is 29.4 Å². The van der Waals surface area contributed by atoms with E-state index >= 15 is 0 Å². The van der Waals surface area contributed by atoms with E-state index in [1.807, 2.05) is 6.92 Å². The van der Waals surface area contributed by atoms with Gasteiger partial charge >= 0.3 is 18.2 Å². The highest BCUT2D eigenvalue weighted by Crippen LogP contribution is 2.36. The molecule has 1 saturated carbocycles. The lowest BCUT2D eigenvalue weighted by molar-refractivity contribution is -0.139. The number of hydrogen-bond donors (Lipinski definition) is 3. The van der Waals surface area contributed by atoms with Crippen LogP contribution in [0, 0.1) is 0 Å². The van der Waals surface area contributed by atoms with E-state index in [-0.39, 0.29) is 23.7 Å². The molecular weight excluding hydrogens is 375 g/mol. The number of aliphatic carboxylic acids is 1. The Kier molecular flexibility index (Phi) is 6.35. The van der Waals surface area contributed by atoms with Gasteiger partial charge in [-0.2, -0.15) is 13.2 Å². The molecule has 0 aromatic heterocycles. The van der Waals surface area contributed by atoms with Crippen molar-refractivity contribution in [3.05, 3.63) is 28.8 Å². The van der Waals surface area contributed by atoms with Gasteiger partial charge in [-0.3, -0.25) is 9.69 Å². The fourth-order valence-electron chi connectivity index (χ4n) is 2.89. The third-order valence-electron chi connectivity index (χ3n) is 4.24. The number of hydrogen-bond acceptors (Lipinski definition) is 3. The molecule has 0 heterocycles. The average molecular weight is 394 g/mol. The fourth-order valence-corrected chi connectivity index (χ4v) is 3.06. The van der Waals surface area contributed by atoms with Gasteiger partial charge in [-0.15, -0.1) is 0 Å². The second-order valence-electron chi connectivity index (χ2n) is 6.07. The smallest absolute Gasteiger partial charge is 0.418 e. The molecule has 0 saturated heterocycles. The number of nitrogens with zero attached hydrogens (tertiary/aromatic N) is 1. The number of anilines is 1. The normalized spacial score (nSPS) is 19.8. The summed E-state index contributed by atoms with van der Waals surface area (Å²) in [5, 5.41) is 13.7. The summed E-state index contributed by atoms with van der Waals surface area (Å²) in [5.41, 5.74) is -1.40. The van der Waals surface area contributed by atoms with Gasteiger partial charge in [-0.25, -0.2) is 4.79 Å². The number of carboxylic acids is 1. The minimum Gasteiger partial charge on any atom is -0.480 e. The van der Waals surface area contributed by atoms with Crippen molar-refractivity contribution in [2.24, 2.45) is 0 Å². The van der Waals surface area contributed by atoms with Crippen molar-refractivity contribution in [1.82, 2.24) is 10.2 Å². The summed E-state index contributed by atoms with van der Waals surface area (Å²) in [6, 6.07) is 1.99. The van der Waals surface area contributed by atoms with Crippen molar-refractivity contribution in [2.45, 2.75) is 38.0 Å². The summed E-state index contributed by atoms with van der Waals surface area (Å²) >= 11 is 5.71. The summed E-state index contributed by atoms with van der Waals surface area (Å²) in [5.74, 6) is -0.929. The number of benzene rings is 1. The summed E-state index contributed by atoms with van der Waals surface area (Å²) < 4.78 is 39.0. The van der Waals surface area contributed by atoms with E-state index in [1.165, 1.54) is 0 Å². The Balaban J connectivity index is 1.91. The van der Waals surface area contributed by atoms with Gasteiger partial charge in [0.25, 0.3) is 0 Å². The van der Waals surface area contributed by atoms with Gasteiger partial charge in [0.05, 0.1) is 17.8 Å². The number of carbonyl (C=O) groups excluding carboxylic acids is 1. The van der Waals surface area contributed by atoms with Crippen molar-refractivity contribution < 1.29 is 27.9 Å². The molecule has 0 aliphatic heterocycles. The summed E-state index contributed by atoms with van der Waals surface area (Å²) in [6.07, 6.45) is -3.54. The standard InChI is InChI=1S/C16H19ClF3N3O3/c1-2-23(8-14(24)25)11-6-10(7-11)21-15(26)22-13-5-9(17)3-4-12(13)16(18,19)20/h3-5,10-11H,2,6-8H2,1H3,(H,24,25)(H2,21,22,26). The Bertz CT molecular complexity index is 678. The van der Waals surface area contributed by atoms with Crippen LogP contribution in [0.2, 0.25) is 5.02 Å². The molecule has 10 heteroatoms. The van der Waals surface area contributed by atoms with Crippen LogP contribution in [0.1, 0.15) is 25.3 Å². The first-order valence-electron chi connectivity index (χ1n) is 8.00. The molecular formula is C16H19ClF3N3O3. The van der Waals surface area contributed by atoms with Crippen molar-refractivity contribution in [2.75, 3.05) is 18.4 Å². The molecule has 6 nitrogen and oxygen atoms in total. The maximum absolute atomic E-state index is 13.0. The van der Waals surface area contributed by atoms with Crippen LogP contribution in [0.5, 0.6) is 0 Å². The number of rotatable bonds is 6. The Morgan fingerprint density at radius 2 is 2.00 bits per heavy atom. The van der Waals surface area contributed by atoms with Crippen LogP contribution in [0.25, 0.3) is 0 Å². The molecule has 0 atom stereocenters. The van der Waals surface area contributed by atoms with Gasteiger partial charge < -0.3 is 15.7 Å². The first-order valence-corrected chi connectivity index (χ1v) is 8.38. The molecule has 1 fully saturated rings. The largest absolute Gasteiger partial charge is 0.480 e. The van der Waals surface area contributed by atoms with Crippen molar-refractivity contribution in [1.29, 1.82) is 0 Å². The molecule has 1 aliphatic carbocycles. The van der Waals surface area contributed by atoms with Gasteiger partial charge in [0, 0.05) is 17.1 Å². The molecule has 26 heavy (non-hydrogen) atoms. The van der Waals surface area contributed by atoms with Gasteiger partial charge in [0.15, 0.2) is 0 Å². The number of nitrogens with one attached hydrogen (secondary N) is 2. The molecule has 2 amide bonds. The van der Waals surface area contributed by atoms with Crippen LogP contribution in [0.3, 0.4) is 0 Å². The Morgan fingerprint density at radius 1 is 1.35 bits per heavy atom. The highest BCUT2D eigenvalue weighted by atomic mass is 35.5. The quantitative estimate of drug-likeness (QED) is 0.691. The first kappa shape index (κ1) is 20.3. The summed E-state index contributed by atoms with van der Waals surface area (Å²) in [4.78, 5) is 24.6. The minimum atomic E-state index is -4.62. The molecule has 144 valence electrons. The maximum atomic E-state index is 13.0. The number of halogens is 4. The van der Waals surface area contributed by atoms with Crippen LogP contribution >= 0.6 is 11.6 Å². The molecule has 0 radical (unpaired) electrons. The second kappa shape index (κ2) is 8.13. The summed E-state index contributed by atoms with van der Waals surface area (Å²) in [7, 11) is 0. The molecule has 0 bridgehead atoms. The van der Waals surface area contributed by atoms with E-state index in [9.17, 15) is 22.8 Å². The number of likely N-dealkylation sites (N-methyl/N-ethyl adjacent to an activating group) is 1. The second-order valence-corrected chi connectivity index (χ2v) is 6.50. The van der Waals surface area contributed by atoms with E-state index in [1.54, 1.807) is 4.90 Å². The van der Waals surface area contributed by atoms with Crippen LogP contribution in [0.15, 0.2) is 18.2 Å². The first-order chi connectivity index (χ1) is 12.1. The van der Waals surface area contributed by atoms with Crippen LogP contribution in [-0.4, -0.2) is 47.2 Å². The number of alkyl halides is 3. The number of amides is 2. The highest BCUT2D eigenvalue weighted by Gasteiger charge is 2.36. The van der Waals surface area contributed by atoms with E-state index in [0.29, 0.717) is 19.4 Å². The van der Waals surface area contributed by atoms with Gasteiger partial charge in [0.2, 0.25) is 0 Å². The van der Waals surface area contributed by atoms with Gasteiger partial charge in [-0.1, -0.05) is 18.5 Å². The third kappa shape index (κ3) is 5.25. The molecule has 0 unspecified atom stereocenters. The summed E-state index contributed by atoms with van der Waals surface area (Å²) in [6.45, 7) is 2.32. The molecule has 1 aliphatic rings. The zero-order valence-electron chi connectivity index (χ0n) is 13.9. The lowest BCUT2D eigenvalue weighted by Crippen LogP contribution is -2.55. The van der Waals surface area contributed by atoms with E-state index in [4.69, 9.17) is 16.7 Å². The SMILES string of the molecule is CCN(CC(=O)O)C1CC(NC(=O)Nc2cc(Cl)ccc2C(F)(F)F)C1. The van der Waals surface area contributed by atoms with E-state index in [0.717, 1.165) is 18.2 Å². The minimum absolute atomic E-state index is 0.0262. The van der Waals surface area contributed by atoms with Crippen molar-refractivity contribution >= 4 is 29.3 Å². The van der Waals surface area contributed by atoms with Crippen molar-refractivity contribution in [3.63, 3.8) is 0 Å². The van der Waals surface area contributed by atoms with E-state index in [2.05, 4.69) is 10.6 Å². The molecule has 1 aromatic carbocycles. The Hall–Kier alpha value is -2.00. The predicted octanol–water partition coefficient (Wildman–Crippen LogP) is 3.42. The van der Waals surface area contributed by atoms with Gasteiger partial charge in [-0.05, 0) is 37.6 Å². The Labute approximate surface area is 153 Å². The third-order valence-corrected chi connectivity index (χ3v) is 4.48. The predicted molar refractivity (Wildman–Crippen MR) is 90.3 cm³/mol. The van der Waals surface area contributed by atoms with Crippen molar-refractivity contribution in [3.8, 4) is 0 Å². The van der Waals surface area contributed by atoms with Crippen LogP contribution in [0.4, 0.5) is 23.7 Å². The molecule has 2 rings (SSSR count). The highest BCUT2D eigenvalue weighted by molar-refractivity contribution is 6.31. The number of carbonyl (C=O) groups is 2. The van der Waals surface area contributed by atoms with Crippen LogP contribution < -0.4 is 10.6 Å². The topological polar surface area (TPSA) is 81.7 Å². The lowest BCUT2D eigenvalue weighted by atomic mass is 9.85. The molecule has 3 N–H and O–H groups in total. The monoisotopic (exact) mass is 393 g/mol.